The molecule has 0 amide bonds. The Morgan fingerprint density at radius 2 is 2.11 bits per heavy atom. The molecule has 0 saturated heterocycles. The molecule has 4 heteroatoms. The summed E-state index contributed by atoms with van der Waals surface area (Å²) in [5, 5.41) is 0. The van der Waals surface area contributed by atoms with Gasteiger partial charge in [-0.15, -0.1) is 0 Å². The molecule has 0 bridgehead atoms. The first-order chi connectivity index (χ1) is 8.88. The summed E-state index contributed by atoms with van der Waals surface area (Å²) in [6.07, 6.45) is 9.49. The van der Waals surface area contributed by atoms with Gasteiger partial charge in [-0.25, -0.2) is 0 Å². The van der Waals surface area contributed by atoms with Gasteiger partial charge in [-0.1, -0.05) is 18.2 Å². The fraction of sp³-hybridized carbons (Fsp3) is 0.600. The van der Waals surface area contributed by atoms with Crippen LogP contribution in [0.5, 0.6) is 0 Å². The molecular weight excluding hydrogens is 256 g/mol. The van der Waals surface area contributed by atoms with E-state index in [1.165, 1.54) is 0 Å². The summed E-state index contributed by atoms with van der Waals surface area (Å²) in [6, 6.07) is 0. The lowest BCUT2D eigenvalue weighted by Gasteiger charge is -2.15. The van der Waals surface area contributed by atoms with Gasteiger partial charge in [-0.3, -0.25) is 9.59 Å². The summed E-state index contributed by atoms with van der Waals surface area (Å²) < 4.78 is 5.55. The van der Waals surface area contributed by atoms with Crippen LogP contribution >= 0.6 is 0 Å². The van der Waals surface area contributed by atoms with E-state index in [2.05, 4.69) is 19.6 Å². The number of hydrogen-bond acceptors (Lipinski definition) is 3. The lowest BCUT2D eigenvalue weighted by atomic mass is 10.1. The molecule has 0 aromatic carbocycles. The fourth-order valence-corrected chi connectivity index (χ4v) is 2.38. The van der Waals surface area contributed by atoms with Crippen LogP contribution in [-0.2, 0) is 14.0 Å². The van der Waals surface area contributed by atoms with E-state index >= 15 is 0 Å². The smallest absolute Gasteiger partial charge is 0.184 e. The van der Waals surface area contributed by atoms with Crippen molar-refractivity contribution in [2.75, 3.05) is 6.61 Å². The fourth-order valence-electron chi connectivity index (χ4n) is 1.79. The lowest BCUT2D eigenvalue weighted by Crippen LogP contribution is -2.28. The number of rotatable bonds is 8. The third-order valence-electron chi connectivity index (χ3n) is 2.88. The van der Waals surface area contributed by atoms with Crippen molar-refractivity contribution in [3.05, 3.63) is 23.8 Å². The van der Waals surface area contributed by atoms with Crippen molar-refractivity contribution in [1.82, 2.24) is 0 Å². The maximum Gasteiger partial charge on any atom is 0.184 e. The van der Waals surface area contributed by atoms with Gasteiger partial charge in [0.1, 0.15) is 0 Å². The predicted molar refractivity (Wildman–Crippen MR) is 79.6 cm³/mol. The second-order valence-corrected chi connectivity index (χ2v) is 10.4. The number of ketones is 2. The molecule has 3 nitrogen and oxygen atoms in total. The maximum atomic E-state index is 11.6. The van der Waals surface area contributed by atoms with E-state index in [0.29, 0.717) is 19.3 Å². The molecule has 0 atom stereocenters. The molecular formula is C15H24O3Si. The van der Waals surface area contributed by atoms with E-state index in [1.807, 2.05) is 18.2 Å². The molecule has 106 valence electrons. The van der Waals surface area contributed by atoms with Crippen molar-refractivity contribution in [3.8, 4) is 0 Å². The van der Waals surface area contributed by atoms with E-state index in [4.69, 9.17) is 4.43 Å². The first kappa shape index (κ1) is 16.1. The van der Waals surface area contributed by atoms with E-state index in [1.54, 1.807) is 0 Å². The molecule has 0 aromatic rings. The first-order valence-electron chi connectivity index (χ1n) is 6.91. The van der Waals surface area contributed by atoms with Gasteiger partial charge in [-0.2, -0.15) is 0 Å². The molecule has 1 aliphatic carbocycles. The Morgan fingerprint density at radius 1 is 1.37 bits per heavy atom. The van der Waals surface area contributed by atoms with Gasteiger partial charge in [0, 0.05) is 12.8 Å². The molecule has 0 N–H and O–H groups in total. The molecule has 0 unspecified atom stereocenters. The SMILES string of the molecule is C[Si](C)(C)OCC(=O)CC/C=C\CC1=CCCC1=O. The Morgan fingerprint density at radius 3 is 2.68 bits per heavy atom. The molecule has 1 aliphatic rings. The van der Waals surface area contributed by atoms with Crippen molar-refractivity contribution >= 4 is 19.9 Å². The molecule has 0 saturated carbocycles. The Hall–Kier alpha value is -1.00. The van der Waals surface area contributed by atoms with E-state index in [-0.39, 0.29) is 18.2 Å². The maximum absolute atomic E-state index is 11.6. The Bertz CT molecular complexity index is 389. The highest BCUT2D eigenvalue weighted by molar-refractivity contribution is 6.69. The van der Waals surface area contributed by atoms with Gasteiger partial charge < -0.3 is 4.43 Å². The minimum absolute atomic E-state index is 0.156. The Kier molecular flexibility index (Phi) is 6.38. The quantitative estimate of drug-likeness (QED) is 0.505. The molecule has 0 heterocycles. The van der Waals surface area contributed by atoms with Crippen LogP contribution in [0.4, 0.5) is 0 Å². The van der Waals surface area contributed by atoms with Crippen LogP contribution in [0.3, 0.4) is 0 Å². The third-order valence-corrected chi connectivity index (χ3v) is 3.89. The minimum atomic E-state index is -1.58. The highest BCUT2D eigenvalue weighted by Crippen LogP contribution is 2.17. The summed E-state index contributed by atoms with van der Waals surface area (Å²) >= 11 is 0. The number of allylic oxidation sites excluding steroid dienone is 4. The number of hydrogen-bond donors (Lipinski definition) is 0. The van der Waals surface area contributed by atoms with Crippen molar-refractivity contribution in [2.24, 2.45) is 0 Å². The van der Waals surface area contributed by atoms with Crippen molar-refractivity contribution in [1.29, 1.82) is 0 Å². The van der Waals surface area contributed by atoms with Crippen LogP contribution in [0.2, 0.25) is 19.6 Å². The summed E-state index contributed by atoms with van der Waals surface area (Å²) in [6.45, 7) is 6.47. The summed E-state index contributed by atoms with van der Waals surface area (Å²) in [5.41, 5.74) is 0.921. The van der Waals surface area contributed by atoms with Crippen molar-refractivity contribution < 1.29 is 14.0 Å². The van der Waals surface area contributed by atoms with Gasteiger partial charge in [-0.05, 0) is 44.5 Å². The molecule has 0 radical (unpaired) electrons. The molecule has 19 heavy (non-hydrogen) atoms. The molecule has 0 aromatic heterocycles. The highest BCUT2D eigenvalue weighted by Gasteiger charge is 2.15. The number of carbonyl (C=O) groups is 2. The summed E-state index contributed by atoms with van der Waals surface area (Å²) in [4.78, 5) is 22.9. The zero-order chi connectivity index (χ0) is 14.3. The molecule has 1 rings (SSSR count). The zero-order valence-corrected chi connectivity index (χ0v) is 13.2. The van der Waals surface area contributed by atoms with Crippen LogP contribution in [0.1, 0.15) is 32.1 Å². The molecule has 0 spiro atoms. The Labute approximate surface area is 116 Å². The number of carbonyl (C=O) groups excluding carboxylic acids is 2. The van der Waals surface area contributed by atoms with E-state index < -0.39 is 8.32 Å². The second-order valence-electron chi connectivity index (χ2n) is 5.85. The second kappa shape index (κ2) is 7.55. The topological polar surface area (TPSA) is 43.4 Å². The lowest BCUT2D eigenvalue weighted by molar-refractivity contribution is -0.121. The zero-order valence-electron chi connectivity index (χ0n) is 12.2. The van der Waals surface area contributed by atoms with Crippen LogP contribution < -0.4 is 0 Å². The minimum Gasteiger partial charge on any atom is -0.410 e. The normalized spacial score (nSPS) is 16.2. The average Bonchev–Trinajstić information content (AvgIpc) is 2.71. The predicted octanol–water partition coefficient (Wildman–Crippen LogP) is 3.42. The Balaban J connectivity index is 2.13. The number of Topliss-reactive ketones (excluding diaryl/α,β-unsaturated/α-hetero) is 2. The summed E-state index contributed by atoms with van der Waals surface area (Å²) in [5.74, 6) is 0.424. The van der Waals surface area contributed by atoms with Crippen LogP contribution in [0.15, 0.2) is 23.8 Å². The first-order valence-corrected chi connectivity index (χ1v) is 10.3. The largest absolute Gasteiger partial charge is 0.410 e. The van der Waals surface area contributed by atoms with Gasteiger partial charge in [0.15, 0.2) is 19.9 Å². The highest BCUT2D eigenvalue weighted by atomic mass is 28.4. The average molecular weight is 280 g/mol. The molecule has 0 fully saturated rings. The van der Waals surface area contributed by atoms with Crippen LogP contribution in [0, 0.1) is 0 Å². The van der Waals surface area contributed by atoms with Gasteiger partial charge in [0.2, 0.25) is 0 Å². The van der Waals surface area contributed by atoms with Crippen LogP contribution in [0.25, 0.3) is 0 Å². The van der Waals surface area contributed by atoms with Gasteiger partial charge in [0.25, 0.3) is 0 Å². The van der Waals surface area contributed by atoms with Crippen molar-refractivity contribution in [2.45, 2.75) is 51.7 Å². The van der Waals surface area contributed by atoms with E-state index in [9.17, 15) is 9.59 Å². The van der Waals surface area contributed by atoms with Crippen LogP contribution in [-0.4, -0.2) is 26.5 Å². The third kappa shape index (κ3) is 7.23. The molecule has 0 aliphatic heterocycles. The van der Waals surface area contributed by atoms with Crippen molar-refractivity contribution in [3.63, 3.8) is 0 Å². The summed E-state index contributed by atoms with van der Waals surface area (Å²) in [7, 11) is -1.58. The monoisotopic (exact) mass is 280 g/mol. The van der Waals surface area contributed by atoms with Gasteiger partial charge in [0.05, 0.1) is 6.61 Å². The van der Waals surface area contributed by atoms with E-state index in [0.717, 1.165) is 18.4 Å². The van der Waals surface area contributed by atoms with Gasteiger partial charge >= 0.3 is 0 Å². The standard InChI is InChI=1S/C15H24O3Si/c1-19(2,3)18-12-14(16)10-6-4-5-8-13-9-7-11-15(13)17/h4-5,9H,6-8,10-12H2,1-3H3/b5-4-.